The summed E-state index contributed by atoms with van der Waals surface area (Å²) in [6, 6.07) is 8.88. The number of rotatable bonds is 9. The van der Waals surface area contributed by atoms with Crippen LogP contribution in [0.5, 0.6) is 0 Å². The SMILES string of the molecule is CCNC(=O)Nc1cc2c(-c3ccnc(CO)c3)ccc(CNC(=O)OCCOC)c2cn1. The summed E-state index contributed by atoms with van der Waals surface area (Å²) in [4.78, 5) is 32.4. The number of aliphatic hydroxyl groups is 1. The zero-order valence-corrected chi connectivity index (χ0v) is 18.6. The third-order valence-electron chi connectivity index (χ3n) is 4.80. The molecule has 0 radical (unpaired) electrons. The summed E-state index contributed by atoms with van der Waals surface area (Å²) in [7, 11) is 1.53. The van der Waals surface area contributed by atoms with Gasteiger partial charge in [-0.05, 0) is 47.2 Å². The Labute approximate surface area is 191 Å². The van der Waals surface area contributed by atoms with Crippen LogP contribution >= 0.6 is 0 Å². The number of hydrogen-bond acceptors (Lipinski definition) is 7. The van der Waals surface area contributed by atoms with E-state index in [4.69, 9.17) is 9.47 Å². The van der Waals surface area contributed by atoms with Crippen LogP contribution in [0.1, 0.15) is 18.2 Å². The number of anilines is 1. The maximum atomic E-state index is 12.0. The van der Waals surface area contributed by atoms with Crippen LogP contribution in [0.15, 0.2) is 42.7 Å². The molecule has 3 rings (SSSR count). The number of ether oxygens (including phenoxy) is 2. The largest absolute Gasteiger partial charge is 0.447 e. The average Bonchev–Trinajstić information content (AvgIpc) is 2.82. The van der Waals surface area contributed by atoms with E-state index < -0.39 is 6.09 Å². The molecule has 2 heterocycles. The number of benzene rings is 1. The minimum absolute atomic E-state index is 0.160. The number of alkyl carbamates (subject to hydrolysis) is 1. The minimum atomic E-state index is -0.548. The van der Waals surface area contributed by atoms with Crippen LogP contribution < -0.4 is 16.0 Å². The van der Waals surface area contributed by atoms with Gasteiger partial charge in [-0.25, -0.2) is 14.6 Å². The van der Waals surface area contributed by atoms with Crippen molar-refractivity contribution in [3.05, 3.63) is 54.0 Å². The maximum Gasteiger partial charge on any atom is 0.407 e. The van der Waals surface area contributed by atoms with E-state index in [0.29, 0.717) is 24.7 Å². The molecular formula is C23H27N5O5. The number of aromatic nitrogens is 2. The van der Waals surface area contributed by atoms with E-state index in [1.807, 2.05) is 25.1 Å². The molecule has 0 aliphatic rings. The molecule has 0 aliphatic carbocycles. The van der Waals surface area contributed by atoms with E-state index in [1.165, 1.54) is 7.11 Å². The molecule has 4 N–H and O–H groups in total. The number of amides is 3. The van der Waals surface area contributed by atoms with Gasteiger partial charge in [0.25, 0.3) is 0 Å². The summed E-state index contributed by atoms with van der Waals surface area (Å²) in [5.74, 6) is 0.384. The molecule has 1 aromatic carbocycles. The van der Waals surface area contributed by atoms with Crippen LogP contribution in [-0.4, -0.2) is 54.1 Å². The van der Waals surface area contributed by atoms with Crippen LogP contribution in [0, 0.1) is 0 Å². The van der Waals surface area contributed by atoms with Crippen LogP contribution in [-0.2, 0) is 22.6 Å². The van der Waals surface area contributed by atoms with E-state index in [-0.39, 0.29) is 25.8 Å². The van der Waals surface area contributed by atoms with Crippen LogP contribution in [0.25, 0.3) is 21.9 Å². The van der Waals surface area contributed by atoms with Gasteiger partial charge in [0.15, 0.2) is 0 Å². The fourth-order valence-electron chi connectivity index (χ4n) is 3.26. The number of methoxy groups -OCH3 is 1. The number of carbonyl (C=O) groups excluding carboxylic acids is 2. The van der Waals surface area contributed by atoms with Crippen molar-refractivity contribution < 1.29 is 24.2 Å². The highest BCUT2D eigenvalue weighted by molar-refractivity contribution is 6.01. The first-order chi connectivity index (χ1) is 16.0. The fraction of sp³-hybridized carbons (Fsp3) is 0.304. The molecule has 0 saturated carbocycles. The first kappa shape index (κ1) is 23.9. The third kappa shape index (κ3) is 6.37. The molecule has 2 aromatic heterocycles. The van der Waals surface area contributed by atoms with Gasteiger partial charge in [-0.2, -0.15) is 0 Å². The molecule has 0 fully saturated rings. The lowest BCUT2D eigenvalue weighted by Gasteiger charge is -2.14. The molecular weight excluding hydrogens is 426 g/mol. The number of hydrogen-bond donors (Lipinski definition) is 4. The summed E-state index contributed by atoms with van der Waals surface area (Å²) in [6.45, 7) is 2.84. The topological polar surface area (TPSA) is 135 Å². The van der Waals surface area contributed by atoms with Gasteiger partial charge in [-0.1, -0.05) is 12.1 Å². The monoisotopic (exact) mass is 453 g/mol. The lowest BCUT2D eigenvalue weighted by molar-refractivity contribution is 0.0983. The molecule has 0 bridgehead atoms. The summed E-state index contributed by atoms with van der Waals surface area (Å²) < 4.78 is 9.92. The van der Waals surface area contributed by atoms with Gasteiger partial charge in [-0.15, -0.1) is 0 Å². The summed E-state index contributed by atoms with van der Waals surface area (Å²) in [5.41, 5.74) is 3.09. The predicted molar refractivity (Wildman–Crippen MR) is 124 cm³/mol. The number of carbonyl (C=O) groups is 2. The molecule has 0 atom stereocenters. The van der Waals surface area contributed by atoms with E-state index in [0.717, 1.165) is 27.5 Å². The Morgan fingerprint density at radius 3 is 2.67 bits per heavy atom. The number of nitrogens with zero attached hydrogens (tertiary/aromatic N) is 2. The number of aliphatic hydroxyl groups excluding tert-OH is 1. The molecule has 10 nitrogen and oxygen atoms in total. The van der Waals surface area contributed by atoms with Crippen LogP contribution in [0.2, 0.25) is 0 Å². The summed E-state index contributed by atoms with van der Waals surface area (Å²) >= 11 is 0. The maximum absolute atomic E-state index is 12.0. The minimum Gasteiger partial charge on any atom is -0.447 e. The molecule has 0 unspecified atom stereocenters. The Hall–Kier alpha value is -3.76. The van der Waals surface area contributed by atoms with Crippen molar-refractivity contribution in [3.63, 3.8) is 0 Å². The van der Waals surface area contributed by atoms with Crippen molar-refractivity contribution in [2.75, 3.05) is 32.2 Å². The first-order valence-corrected chi connectivity index (χ1v) is 10.5. The Morgan fingerprint density at radius 2 is 1.91 bits per heavy atom. The molecule has 3 aromatic rings. The van der Waals surface area contributed by atoms with Gasteiger partial charge >= 0.3 is 12.1 Å². The first-order valence-electron chi connectivity index (χ1n) is 10.5. The molecule has 3 amide bonds. The van der Waals surface area contributed by atoms with E-state index in [1.54, 1.807) is 24.5 Å². The van der Waals surface area contributed by atoms with E-state index in [9.17, 15) is 14.7 Å². The Bertz CT molecular complexity index is 1120. The lowest BCUT2D eigenvalue weighted by Crippen LogP contribution is -2.28. The second-order valence-electron chi connectivity index (χ2n) is 7.05. The van der Waals surface area contributed by atoms with Gasteiger partial charge < -0.3 is 25.2 Å². The zero-order chi connectivity index (χ0) is 23.6. The molecule has 0 spiro atoms. The van der Waals surface area contributed by atoms with Gasteiger partial charge in [0.05, 0.1) is 18.9 Å². The van der Waals surface area contributed by atoms with Crippen molar-refractivity contribution in [3.8, 4) is 11.1 Å². The van der Waals surface area contributed by atoms with Crippen molar-refractivity contribution >= 4 is 28.7 Å². The van der Waals surface area contributed by atoms with Crippen LogP contribution in [0.3, 0.4) is 0 Å². The van der Waals surface area contributed by atoms with Crippen LogP contribution in [0.4, 0.5) is 15.4 Å². The highest BCUT2D eigenvalue weighted by atomic mass is 16.6. The number of urea groups is 1. The summed E-state index contributed by atoms with van der Waals surface area (Å²) in [6.07, 6.45) is 2.74. The Kier molecular flexibility index (Phi) is 8.50. The quantitative estimate of drug-likeness (QED) is 0.366. The fourth-order valence-corrected chi connectivity index (χ4v) is 3.26. The Morgan fingerprint density at radius 1 is 1.06 bits per heavy atom. The molecule has 0 aliphatic heterocycles. The van der Waals surface area contributed by atoms with E-state index in [2.05, 4.69) is 25.9 Å². The van der Waals surface area contributed by atoms with E-state index >= 15 is 0 Å². The zero-order valence-electron chi connectivity index (χ0n) is 18.6. The third-order valence-corrected chi connectivity index (χ3v) is 4.80. The normalized spacial score (nSPS) is 10.6. The molecule has 0 saturated heterocycles. The van der Waals surface area contributed by atoms with Gasteiger partial charge in [0, 0.05) is 38.0 Å². The number of nitrogens with one attached hydrogen (secondary N) is 3. The molecule has 174 valence electrons. The van der Waals surface area contributed by atoms with Crippen molar-refractivity contribution in [2.45, 2.75) is 20.1 Å². The molecule has 10 heteroatoms. The highest BCUT2D eigenvalue weighted by Crippen LogP contribution is 2.32. The van der Waals surface area contributed by atoms with Gasteiger partial charge in [0.2, 0.25) is 0 Å². The van der Waals surface area contributed by atoms with Crippen molar-refractivity contribution in [1.29, 1.82) is 0 Å². The molecule has 33 heavy (non-hydrogen) atoms. The number of fused-ring (bicyclic) bond motifs is 1. The second kappa shape index (κ2) is 11.7. The van der Waals surface area contributed by atoms with Gasteiger partial charge in [0.1, 0.15) is 12.4 Å². The average molecular weight is 453 g/mol. The van der Waals surface area contributed by atoms with Crippen molar-refractivity contribution in [2.24, 2.45) is 0 Å². The Balaban J connectivity index is 1.96. The smallest absolute Gasteiger partial charge is 0.407 e. The lowest BCUT2D eigenvalue weighted by atomic mass is 9.96. The van der Waals surface area contributed by atoms with Gasteiger partial charge in [-0.3, -0.25) is 10.3 Å². The predicted octanol–water partition coefficient (Wildman–Crippen LogP) is 2.80. The van der Waals surface area contributed by atoms with Crippen molar-refractivity contribution in [1.82, 2.24) is 20.6 Å². The highest BCUT2D eigenvalue weighted by Gasteiger charge is 2.13. The number of pyridine rings is 2. The standard InChI is InChI=1S/C23H27N5O5/c1-3-24-22(30)28-21-11-19-18(15-6-7-25-17(10-15)14-29)5-4-16(20(19)13-26-21)12-27-23(31)33-9-8-32-2/h4-7,10-11,13,29H,3,8-9,12,14H2,1-2H3,(H,27,31)(H2,24,26,28,30). The summed E-state index contributed by atoms with van der Waals surface area (Å²) in [5, 5.41) is 19.2. The second-order valence-corrected chi connectivity index (χ2v) is 7.05.